The quantitative estimate of drug-likeness (QED) is 0.227. The Hall–Kier alpha value is -4.33. The largest absolute Gasteiger partial charge is 0.339 e. The minimum atomic E-state index is -0.456. The number of carbonyl (C=O) groups excluding carboxylic acids is 1. The monoisotopic (exact) mass is 470 g/mol. The highest BCUT2D eigenvalue weighted by atomic mass is 16.6. The van der Waals surface area contributed by atoms with Gasteiger partial charge >= 0.3 is 0 Å². The van der Waals surface area contributed by atoms with Gasteiger partial charge < -0.3 is 9.42 Å². The van der Waals surface area contributed by atoms with E-state index in [1.165, 1.54) is 12.1 Å². The Morgan fingerprint density at radius 3 is 2.29 bits per heavy atom. The summed E-state index contributed by atoms with van der Waals surface area (Å²) in [4.78, 5) is 30.0. The number of nitro groups is 1. The molecule has 0 aliphatic rings. The van der Waals surface area contributed by atoms with Crippen LogP contribution in [0.1, 0.15) is 36.4 Å². The number of hydrogen-bond acceptors (Lipinski definition) is 6. The van der Waals surface area contributed by atoms with Crippen molar-refractivity contribution in [3.8, 4) is 11.4 Å². The van der Waals surface area contributed by atoms with Crippen molar-refractivity contribution in [1.82, 2.24) is 15.0 Å². The van der Waals surface area contributed by atoms with Gasteiger partial charge in [0.2, 0.25) is 17.6 Å². The topological polar surface area (TPSA) is 102 Å². The number of amides is 1. The van der Waals surface area contributed by atoms with E-state index >= 15 is 0 Å². The van der Waals surface area contributed by atoms with Crippen LogP contribution in [0.3, 0.4) is 0 Å². The van der Waals surface area contributed by atoms with E-state index in [0.29, 0.717) is 43.1 Å². The molecule has 8 nitrogen and oxygen atoms in total. The van der Waals surface area contributed by atoms with Crippen LogP contribution in [0.25, 0.3) is 11.4 Å². The maximum absolute atomic E-state index is 13.3. The zero-order valence-electron chi connectivity index (χ0n) is 19.4. The summed E-state index contributed by atoms with van der Waals surface area (Å²) >= 11 is 0. The molecule has 0 fully saturated rings. The summed E-state index contributed by atoms with van der Waals surface area (Å²) in [5.41, 5.74) is 2.80. The summed E-state index contributed by atoms with van der Waals surface area (Å²) in [5.74, 6) is 0.813. The lowest BCUT2D eigenvalue weighted by Crippen LogP contribution is -2.35. The molecule has 1 unspecified atom stereocenters. The zero-order chi connectivity index (χ0) is 24.6. The molecular formula is C27H26N4O4. The summed E-state index contributed by atoms with van der Waals surface area (Å²) < 4.78 is 5.41. The van der Waals surface area contributed by atoms with E-state index in [4.69, 9.17) is 4.52 Å². The van der Waals surface area contributed by atoms with E-state index in [1.54, 1.807) is 12.1 Å². The Morgan fingerprint density at radius 2 is 1.63 bits per heavy atom. The molecule has 1 heterocycles. The molecule has 4 aromatic rings. The van der Waals surface area contributed by atoms with Gasteiger partial charge in [0.1, 0.15) is 0 Å². The predicted octanol–water partition coefficient (Wildman–Crippen LogP) is 5.41. The third kappa shape index (κ3) is 6.17. The Morgan fingerprint density at radius 1 is 0.971 bits per heavy atom. The molecule has 3 aromatic carbocycles. The highest BCUT2D eigenvalue weighted by Crippen LogP contribution is 2.23. The number of aryl methyl sites for hydroxylation is 1. The van der Waals surface area contributed by atoms with Gasteiger partial charge in [0.15, 0.2) is 0 Å². The highest BCUT2D eigenvalue weighted by Gasteiger charge is 2.22. The third-order valence-electron chi connectivity index (χ3n) is 5.91. The SMILES string of the molecule is CC(c1ccccc1)N(CCc1nc(-c2ccc([N+](=O)[O-])cc2)no1)C(=O)CCc1ccccc1. The fourth-order valence-corrected chi connectivity index (χ4v) is 3.91. The number of nitrogens with zero attached hydrogens (tertiary/aromatic N) is 4. The Balaban J connectivity index is 1.46. The summed E-state index contributed by atoms with van der Waals surface area (Å²) in [7, 11) is 0. The van der Waals surface area contributed by atoms with Gasteiger partial charge in [-0.1, -0.05) is 65.8 Å². The predicted molar refractivity (Wildman–Crippen MR) is 131 cm³/mol. The van der Waals surface area contributed by atoms with Gasteiger partial charge in [-0.05, 0) is 36.6 Å². The van der Waals surface area contributed by atoms with Gasteiger partial charge in [-0.25, -0.2) is 0 Å². The molecule has 178 valence electrons. The second kappa shape index (κ2) is 11.2. The average Bonchev–Trinajstić information content (AvgIpc) is 3.37. The standard InChI is InChI=1S/C27H26N4O4/c1-20(22-10-6-3-7-11-22)30(26(32)17-12-21-8-4-2-5-9-21)19-18-25-28-27(29-35-25)23-13-15-24(16-14-23)31(33)34/h2-11,13-16,20H,12,17-19H2,1H3. The number of nitro benzene ring substituents is 1. The number of aromatic nitrogens is 2. The maximum atomic E-state index is 13.3. The van der Waals surface area contributed by atoms with Crippen molar-refractivity contribution >= 4 is 11.6 Å². The molecule has 8 heteroatoms. The zero-order valence-corrected chi connectivity index (χ0v) is 19.4. The van der Waals surface area contributed by atoms with Crippen molar-refractivity contribution in [2.24, 2.45) is 0 Å². The minimum Gasteiger partial charge on any atom is -0.339 e. The second-order valence-corrected chi connectivity index (χ2v) is 8.23. The number of benzene rings is 3. The van der Waals surface area contributed by atoms with Crippen LogP contribution in [0.5, 0.6) is 0 Å². The van der Waals surface area contributed by atoms with Crippen molar-refractivity contribution in [2.45, 2.75) is 32.2 Å². The molecule has 0 aliphatic heterocycles. The number of non-ortho nitro benzene ring substituents is 1. The van der Waals surface area contributed by atoms with Crippen molar-refractivity contribution in [3.63, 3.8) is 0 Å². The minimum absolute atomic E-state index is 0.00275. The number of hydrogen-bond donors (Lipinski definition) is 0. The van der Waals surface area contributed by atoms with E-state index in [0.717, 1.165) is 11.1 Å². The van der Waals surface area contributed by atoms with Crippen LogP contribution < -0.4 is 0 Å². The Kier molecular flexibility index (Phi) is 7.62. The van der Waals surface area contributed by atoms with Crippen LogP contribution in [-0.4, -0.2) is 32.4 Å². The molecular weight excluding hydrogens is 444 g/mol. The first kappa shape index (κ1) is 23.8. The van der Waals surface area contributed by atoms with Crippen LogP contribution in [-0.2, 0) is 17.6 Å². The second-order valence-electron chi connectivity index (χ2n) is 8.23. The lowest BCUT2D eigenvalue weighted by atomic mass is 10.0. The molecule has 0 spiro atoms. The molecule has 0 saturated carbocycles. The summed E-state index contributed by atoms with van der Waals surface area (Å²) in [6.07, 6.45) is 1.47. The molecule has 4 rings (SSSR count). The Bertz CT molecular complexity index is 1260. The molecule has 0 radical (unpaired) electrons. The van der Waals surface area contributed by atoms with Crippen molar-refractivity contribution < 1.29 is 14.2 Å². The van der Waals surface area contributed by atoms with Gasteiger partial charge in [0, 0.05) is 37.1 Å². The van der Waals surface area contributed by atoms with E-state index in [-0.39, 0.29) is 17.6 Å². The highest BCUT2D eigenvalue weighted by molar-refractivity contribution is 5.77. The first-order chi connectivity index (χ1) is 17.0. The molecule has 1 atom stereocenters. The van der Waals surface area contributed by atoms with E-state index in [2.05, 4.69) is 10.1 Å². The normalized spacial score (nSPS) is 11.7. The van der Waals surface area contributed by atoms with Gasteiger partial charge in [0.05, 0.1) is 11.0 Å². The molecule has 1 amide bonds. The smallest absolute Gasteiger partial charge is 0.269 e. The molecule has 35 heavy (non-hydrogen) atoms. The lowest BCUT2D eigenvalue weighted by molar-refractivity contribution is -0.384. The first-order valence-electron chi connectivity index (χ1n) is 11.5. The first-order valence-corrected chi connectivity index (χ1v) is 11.5. The average molecular weight is 471 g/mol. The third-order valence-corrected chi connectivity index (χ3v) is 5.91. The fourth-order valence-electron chi connectivity index (χ4n) is 3.91. The van der Waals surface area contributed by atoms with Gasteiger partial charge in [0.25, 0.3) is 5.69 Å². The van der Waals surface area contributed by atoms with Crippen LogP contribution in [0.2, 0.25) is 0 Å². The Labute approximate surface area is 203 Å². The van der Waals surface area contributed by atoms with Gasteiger partial charge in [-0.15, -0.1) is 0 Å². The van der Waals surface area contributed by atoms with Crippen LogP contribution in [0.15, 0.2) is 89.5 Å². The molecule has 0 bridgehead atoms. The fraction of sp³-hybridized carbons (Fsp3) is 0.222. The number of carbonyl (C=O) groups is 1. The van der Waals surface area contributed by atoms with Crippen molar-refractivity contribution in [1.29, 1.82) is 0 Å². The number of rotatable bonds is 10. The van der Waals surface area contributed by atoms with E-state index in [1.807, 2.05) is 72.5 Å². The maximum Gasteiger partial charge on any atom is 0.269 e. The van der Waals surface area contributed by atoms with Crippen molar-refractivity contribution in [2.75, 3.05) is 6.54 Å². The van der Waals surface area contributed by atoms with Crippen molar-refractivity contribution in [3.05, 3.63) is 112 Å². The lowest BCUT2D eigenvalue weighted by Gasteiger charge is -2.29. The molecule has 0 saturated heterocycles. The summed E-state index contributed by atoms with van der Waals surface area (Å²) in [5, 5.41) is 14.9. The van der Waals surface area contributed by atoms with E-state index < -0.39 is 4.92 Å². The molecule has 0 N–H and O–H groups in total. The van der Waals surface area contributed by atoms with Crippen LogP contribution in [0, 0.1) is 10.1 Å². The molecule has 0 aliphatic carbocycles. The summed E-state index contributed by atoms with van der Waals surface area (Å²) in [6, 6.07) is 25.7. The molecule has 1 aromatic heterocycles. The van der Waals surface area contributed by atoms with Gasteiger partial charge in [-0.2, -0.15) is 4.98 Å². The van der Waals surface area contributed by atoms with E-state index in [9.17, 15) is 14.9 Å². The summed E-state index contributed by atoms with van der Waals surface area (Å²) in [6.45, 7) is 2.44. The van der Waals surface area contributed by atoms with Gasteiger partial charge in [-0.3, -0.25) is 14.9 Å². The van der Waals surface area contributed by atoms with Crippen LogP contribution >= 0.6 is 0 Å². The van der Waals surface area contributed by atoms with Crippen LogP contribution in [0.4, 0.5) is 5.69 Å².